The summed E-state index contributed by atoms with van der Waals surface area (Å²) in [6.45, 7) is 0.897. The second-order valence-electron chi connectivity index (χ2n) is 4.98. The van der Waals surface area contributed by atoms with Crippen LogP contribution in [0.5, 0.6) is 0 Å². The van der Waals surface area contributed by atoms with Crippen LogP contribution in [0.3, 0.4) is 0 Å². The molecule has 0 fully saturated rings. The van der Waals surface area contributed by atoms with Crippen LogP contribution in [0.1, 0.15) is 11.1 Å². The Morgan fingerprint density at radius 3 is 2.71 bits per heavy atom. The number of hydrogen-bond donors (Lipinski definition) is 1. The second kappa shape index (κ2) is 6.74. The van der Waals surface area contributed by atoms with Gasteiger partial charge in [-0.2, -0.15) is 0 Å². The molecule has 0 spiro atoms. The van der Waals surface area contributed by atoms with E-state index >= 15 is 0 Å². The van der Waals surface area contributed by atoms with E-state index in [0.29, 0.717) is 0 Å². The van der Waals surface area contributed by atoms with Gasteiger partial charge in [-0.1, -0.05) is 42.5 Å². The monoisotopic (exact) mass is 294 g/mol. The maximum absolute atomic E-state index is 4.22. The molecule has 0 unspecified atom stereocenters. The van der Waals surface area contributed by atoms with Crippen molar-refractivity contribution < 1.29 is 0 Å². The highest BCUT2D eigenvalue weighted by Gasteiger charge is 2.02. The standard InChI is InChI=1S/C18H18N2S/c1-19-11-15-3-2-4-17(9-15)16-7-5-14(6-8-16)10-18-12-20-13-21-18/h2-10,12,19H,11,13H2,1H3. The van der Waals surface area contributed by atoms with Crippen molar-refractivity contribution in [2.45, 2.75) is 6.54 Å². The minimum Gasteiger partial charge on any atom is -0.316 e. The molecule has 2 aromatic carbocycles. The zero-order chi connectivity index (χ0) is 14.5. The van der Waals surface area contributed by atoms with Crippen molar-refractivity contribution in [2.75, 3.05) is 12.9 Å². The zero-order valence-electron chi connectivity index (χ0n) is 12.0. The Bertz CT molecular complexity index is 672. The van der Waals surface area contributed by atoms with Gasteiger partial charge in [0.05, 0.1) is 5.88 Å². The van der Waals surface area contributed by atoms with E-state index in [0.717, 1.165) is 12.4 Å². The molecule has 0 radical (unpaired) electrons. The van der Waals surface area contributed by atoms with Crippen LogP contribution in [0.25, 0.3) is 17.2 Å². The number of hydrogen-bond acceptors (Lipinski definition) is 3. The number of rotatable bonds is 4. The minimum absolute atomic E-state index is 0.849. The number of thioether (sulfide) groups is 1. The Morgan fingerprint density at radius 1 is 1.14 bits per heavy atom. The van der Waals surface area contributed by atoms with Gasteiger partial charge in [-0.05, 0) is 41.4 Å². The lowest BCUT2D eigenvalue weighted by Gasteiger charge is -2.06. The first-order valence-electron chi connectivity index (χ1n) is 7.03. The van der Waals surface area contributed by atoms with E-state index in [9.17, 15) is 0 Å². The number of nitrogens with one attached hydrogen (secondary N) is 1. The van der Waals surface area contributed by atoms with Gasteiger partial charge in [-0.15, -0.1) is 11.8 Å². The minimum atomic E-state index is 0.849. The van der Waals surface area contributed by atoms with E-state index in [1.807, 2.05) is 13.3 Å². The predicted molar refractivity (Wildman–Crippen MR) is 93.6 cm³/mol. The third kappa shape index (κ3) is 3.63. The lowest BCUT2D eigenvalue weighted by molar-refractivity contribution is 0.818. The van der Waals surface area contributed by atoms with Gasteiger partial charge in [0, 0.05) is 17.7 Å². The van der Waals surface area contributed by atoms with Crippen molar-refractivity contribution in [2.24, 2.45) is 4.99 Å². The first-order valence-corrected chi connectivity index (χ1v) is 8.02. The van der Waals surface area contributed by atoms with Crippen molar-refractivity contribution in [3.05, 3.63) is 64.6 Å². The molecule has 2 aromatic rings. The first kappa shape index (κ1) is 14.1. The molecule has 2 nitrogen and oxygen atoms in total. The van der Waals surface area contributed by atoms with E-state index < -0.39 is 0 Å². The van der Waals surface area contributed by atoms with Crippen molar-refractivity contribution in [1.29, 1.82) is 0 Å². The topological polar surface area (TPSA) is 24.4 Å². The lowest BCUT2D eigenvalue weighted by Crippen LogP contribution is -2.04. The van der Waals surface area contributed by atoms with Gasteiger partial charge >= 0.3 is 0 Å². The summed E-state index contributed by atoms with van der Waals surface area (Å²) in [7, 11) is 1.97. The van der Waals surface area contributed by atoms with Crippen molar-refractivity contribution in [3.8, 4) is 11.1 Å². The molecule has 3 rings (SSSR count). The molecule has 0 aliphatic carbocycles. The maximum atomic E-state index is 4.22. The molecule has 106 valence electrons. The summed E-state index contributed by atoms with van der Waals surface area (Å²) >= 11 is 1.78. The highest BCUT2D eigenvalue weighted by atomic mass is 32.2. The van der Waals surface area contributed by atoms with Crippen molar-refractivity contribution >= 4 is 24.1 Å². The Labute approximate surface area is 130 Å². The molecule has 3 heteroatoms. The summed E-state index contributed by atoms with van der Waals surface area (Å²) in [6, 6.07) is 17.4. The quantitative estimate of drug-likeness (QED) is 0.914. The molecule has 0 bridgehead atoms. The number of allylic oxidation sites excluding steroid dienone is 1. The molecule has 0 atom stereocenters. The van der Waals surface area contributed by atoms with Gasteiger partial charge < -0.3 is 5.32 Å². The lowest BCUT2D eigenvalue weighted by atomic mass is 10.0. The van der Waals surface area contributed by atoms with E-state index in [2.05, 4.69) is 64.9 Å². The molecule has 1 aliphatic heterocycles. The molecular weight excluding hydrogens is 276 g/mol. The fourth-order valence-corrected chi connectivity index (χ4v) is 3.02. The SMILES string of the molecule is CNCc1cccc(-c2ccc(C=C3C=NCS3)cc2)c1. The van der Waals surface area contributed by atoms with Crippen LogP contribution >= 0.6 is 11.8 Å². The molecule has 1 N–H and O–H groups in total. The molecule has 1 aliphatic rings. The Morgan fingerprint density at radius 2 is 2.00 bits per heavy atom. The summed E-state index contributed by atoms with van der Waals surface area (Å²) < 4.78 is 0. The number of aliphatic imine (C=N–C) groups is 1. The maximum Gasteiger partial charge on any atom is 0.0891 e. The van der Waals surface area contributed by atoms with Gasteiger partial charge in [0.1, 0.15) is 0 Å². The van der Waals surface area contributed by atoms with Crippen LogP contribution in [0, 0.1) is 0 Å². The third-order valence-electron chi connectivity index (χ3n) is 3.39. The fourth-order valence-electron chi connectivity index (χ4n) is 2.36. The van der Waals surface area contributed by atoms with E-state index in [4.69, 9.17) is 0 Å². The average molecular weight is 294 g/mol. The summed E-state index contributed by atoms with van der Waals surface area (Å²) in [5.41, 5.74) is 5.04. The van der Waals surface area contributed by atoms with Crippen molar-refractivity contribution in [3.63, 3.8) is 0 Å². The third-order valence-corrected chi connectivity index (χ3v) is 4.22. The Kier molecular flexibility index (Phi) is 4.53. The average Bonchev–Trinajstić information content (AvgIpc) is 3.02. The van der Waals surface area contributed by atoms with Crippen LogP contribution in [0.4, 0.5) is 0 Å². The smallest absolute Gasteiger partial charge is 0.0891 e. The van der Waals surface area contributed by atoms with E-state index in [1.54, 1.807) is 11.8 Å². The first-order chi connectivity index (χ1) is 10.3. The van der Waals surface area contributed by atoms with E-state index in [1.165, 1.54) is 27.2 Å². The molecule has 0 amide bonds. The predicted octanol–water partition coefficient (Wildman–Crippen LogP) is 4.19. The Hall–Kier alpha value is -1.84. The van der Waals surface area contributed by atoms with Crippen molar-refractivity contribution in [1.82, 2.24) is 5.32 Å². The van der Waals surface area contributed by atoms with Gasteiger partial charge in [-0.3, -0.25) is 4.99 Å². The molecule has 21 heavy (non-hydrogen) atoms. The molecule has 0 saturated heterocycles. The van der Waals surface area contributed by atoms with E-state index in [-0.39, 0.29) is 0 Å². The summed E-state index contributed by atoms with van der Waals surface area (Å²) in [5, 5.41) is 3.19. The zero-order valence-corrected chi connectivity index (χ0v) is 12.9. The molecule has 1 heterocycles. The van der Waals surface area contributed by atoms with Gasteiger partial charge in [0.25, 0.3) is 0 Å². The highest BCUT2D eigenvalue weighted by molar-refractivity contribution is 8.04. The fraction of sp³-hybridized carbons (Fsp3) is 0.167. The molecular formula is C18H18N2S. The number of benzene rings is 2. The molecule has 0 saturated carbocycles. The normalized spacial score (nSPS) is 15.8. The molecule has 0 aromatic heterocycles. The highest BCUT2D eigenvalue weighted by Crippen LogP contribution is 2.25. The van der Waals surface area contributed by atoms with Crippen LogP contribution in [0.2, 0.25) is 0 Å². The largest absolute Gasteiger partial charge is 0.316 e. The van der Waals surface area contributed by atoms with Crippen LogP contribution in [-0.2, 0) is 6.54 Å². The van der Waals surface area contributed by atoms with Crippen LogP contribution in [0.15, 0.2) is 58.4 Å². The Balaban J connectivity index is 1.82. The summed E-state index contributed by atoms with van der Waals surface area (Å²) in [5.74, 6) is 0.849. The number of nitrogens with zero attached hydrogens (tertiary/aromatic N) is 1. The van der Waals surface area contributed by atoms with Gasteiger partial charge in [-0.25, -0.2) is 0 Å². The second-order valence-corrected chi connectivity index (χ2v) is 6.00. The van der Waals surface area contributed by atoms with Gasteiger partial charge in [0.15, 0.2) is 0 Å². The summed E-state index contributed by atoms with van der Waals surface area (Å²) in [6.07, 6.45) is 4.13. The summed E-state index contributed by atoms with van der Waals surface area (Å²) in [4.78, 5) is 5.45. The van der Waals surface area contributed by atoms with Gasteiger partial charge in [0.2, 0.25) is 0 Å². The van der Waals surface area contributed by atoms with Crippen LogP contribution < -0.4 is 5.32 Å². The van der Waals surface area contributed by atoms with Crippen LogP contribution in [-0.4, -0.2) is 19.1 Å².